The molecule has 0 aliphatic carbocycles. The lowest BCUT2D eigenvalue weighted by atomic mass is 10.1. The first-order valence-corrected chi connectivity index (χ1v) is 6.54. The number of hydrogen-bond donors (Lipinski definition) is 1. The summed E-state index contributed by atoms with van der Waals surface area (Å²) in [5.74, 6) is 0.242. The van der Waals surface area contributed by atoms with Gasteiger partial charge in [0.2, 0.25) is 0 Å². The highest BCUT2D eigenvalue weighted by Crippen LogP contribution is 2.19. The molecule has 1 atom stereocenters. The molecule has 1 heterocycles. The Kier molecular flexibility index (Phi) is 4.90. The molecule has 0 saturated heterocycles. The summed E-state index contributed by atoms with van der Waals surface area (Å²) in [6.45, 7) is 1.98. The number of rotatable bonds is 5. The molecule has 0 radical (unpaired) electrons. The Labute approximate surface area is 123 Å². The van der Waals surface area contributed by atoms with Gasteiger partial charge in [0, 0.05) is 6.20 Å². The third-order valence-electron chi connectivity index (χ3n) is 2.97. The van der Waals surface area contributed by atoms with E-state index in [0.29, 0.717) is 17.0 Å². The maximum Gasteiger partial charge on any atom is 0.339 e. The zero-order valence-corrected chi connectivity index (χ0v) is 11.9. The number of esters is 1. The van der Waals surface area contributed by atoms with Crippen molar-refractivity contribution in [2.75, 3.05) is 7.11 Å². The average Bonchev–Trinajstić information content (AvgIpc) is 2.53. The van der Waals surface area contributed by atoms with Crippen molar-refractivity contribution in [1.82, 2.24) is 4.98 Å². The van der Waals surface area contributed by atoms with E-state index in [1.807, 2.05) is 18.2 Å². The molecule has 0 bridgehead atoms. The average molecular weight is 287 g/mol. The summed E-state index contributed by atoms with van der Waals surface area (Å²) in [7, 11) is 1.33. The van der Waals surface area contributed by atoms with Crippen molar-refractivity contribution in [3.63, 3.8) is 0 Å². The predicted molar refractivity (Wildman–Crippen MR) is 77.0 cm³/mol. The first-order valence-electron chi connectivity index (χ1n) is 6.54. The molecule has 110 valence electrons. The monoisotopic (exact) mass is 287 g/mol. The standard InChI is InChI=1S/C16H17NO4/c1-11(18)12-4-3-5-15(8-12)21-10-14-7-6-13(9-17-14)16(19)20-2/h3-9,11,18H,10H2,1-2H3/t11-/m0/s1. The minimum absolute atomic E-state index is 0.282. The van der Waals surface area contributed by atoms with Crippen LogP contribution in [0.25, 0.3) is 0 Å². The van der Waals surface area contributed by atoms with Gasteiger partial charge in [0.1, 0.15) is 12.4 Å². The second kappa shape index (κ2) is 6.85. The van der Waals surface area contributed by atoms with Gasteiger partial charge in [-0.2, -0.15) is 0 Å². The number of hydrogen-bond acceptors (Lipinski definition) is 5. The number of aliphatic hydroxyl groups is 1. The zero-order valence-electron chi connectivity index (χ0n) is 11.9. The lowest BCUT2D eigenvalue weighted by Gasteiger charge is -2.09. The van der Waals surface area contributed by atoms with Gasteiger partial charge in [-0.05, 0) is 36.8 Å². The maximum atomic E-state index is 11.3. The van der Waals surface area contributed by atoms with Crippen LogP contribution >= 0.6 is 0 Å². The quantitative estimate of drug-likeness (QED) is 0.856. The van der Waals surface area contributed by atoms with Crippen LogP contribution in [0, 0.1) is 0 Å². The Bertz CT molecular complexity index is 608. The van der Waals surface area contributed by atoms with E-state index in [2.05, 4.69) is 9.72 Å². The molecule has 5 heteroatoms. The Morgan fingerprint density at radius 3 is 2.76 bits per heavy atom. The fourth-order valence-electron chi connectivity index (χ4n) is 1.77. The van der Waals surface area contributed by atoms with Gasteiger partial charge in [0.25, 0.3) is 0 Å². The van der Waals surface area contributed by atoms with Crippen LogP contribution in [-0.2, 0) is 11.3 Å². The molecule has 0 aliphatic rings. The first kappa shape index (κ1) is 15.0. The molecule has 1 aromatic heterocycles. The molecule has 0 spiro atoms. The fourth-order valence-corrected chi connectivity index (χ4v) is 1.77. The summed E-state index contributed by atoms with van der Waals surface area (Å²) < 4.78 is 10.2. The van der Waals surface area contributed by atoms with E-state index in [4.69, 9.17) is 4.74 Å². The van der Waals surface area contributed by atoms with Crippen molar-refractivity contribution in [1.29, 1.82) is 0 Å². The van der Waals surface area contributed by atoms with Gasteiger partial charge >= 0.3 is 5.97 Å². The minimum atomic E-state index is -0.536. The molecule has 21 heavy (non-hydrogen) atoms. The zero-order chi connectivity index (χ0) is 15.2. The lowest BCUT2D eigenvalue weighted by Crippen LogP contribution is -2.04. The third-order valence-corrected chi connectivity index (χ3v) is 2.97. The minimum Gasteiger partial charge on any atom is -0.487 e. The number of benzene rings is 1. The Morgan fingerprint density at radius 2 is 2.14 bits per heavy atom. The van der Waals surface area contributed by atoms with E-state index in [9.17, 15) is 9.90 Å². The Hall–Kier alpha value is -2.40. The van der Waals surface area contributed by atoms with Crippen LogP contribution in [0.2, 0.25) is 0 Å². The van der Waals surface area contributed by atoms with Gasteiger partial charge in [-0.1, -0.05) is 12.1 Å². The van der Waals surface area contributed by atoms with Crippen LogP contribution in [0.1, 0.15) is 34.6 Å². The van der Waals surface area contributed by atoms with Crippen LogP contribution in [0.3, 0.4) is 0 Å². The highest BCUT2D eigenvalue weighted by molar-refractivity contribution is 5.88. The number of pyridine rings is 1. The molecule has 0 unspecified atom stereocenters. The summed E-state index contributed by atoms with van der Waals surface area (Å²) in [6.07, 6.45) is 0.919. The summed E-state index contributed by atoms with van der Waals surface area (Å²) in [5, 5.41) is 9.53. The molecule has 1 N–H and O–H groups in total. The van der Waals surface area contributed by atoms with E-state index in [0.717, 1.165) is 5.56 Å². The topological polar surface area (TPSA) is 68.7 Å². The van der Waals surface area contributed by atoms with Crippen molar-refractivity contribution < 1.29 is 19.4 Å². The highest BCUT2D eigenvalue weighted by Gasteiger charge is 2.06. The largest absolute Gasteiger partial charge is 0.487 e. The summed E-state index contributed by atoms with van der Waals surface area (Å²) >= 11 is 0. The summed E-state index contributed by atoms with van der Waals surface area (Å²) in [6, 6.07) is 10.6. The van der Waals surface area contributed by atoms with Crippen LogP contribution in [-0.4, -0.2) is 23.2 Å². The maximum absolute atomic E-state index is 11.3. The van der Waals surface area contributed by atoms with Gasteiger partial charge in [0.15, 0.2) is 0 Å². The predicted octanol–water partition coefficient (Wildman–Crippen LogP) is 2.50. The lowest BCUT2D eigenvalue weighted by molar-refractivity contribution is 0.0600. The summed E-state index contributed by atoms with van der Waals surface area (Å²) in [4.78, 5) is 15.4. The summed E-state index contributed by atoms with van der Waals surface area (Å²) in [5.41, 5.74) is 1.89. The second-order valence-corrected chi connectivity index (χ2v) is 4.57. The van der Waals surface area contributed by atoms with E-state index < -0.39 is 12.1 Å². The van der Waals surface area contributed by atoms with Crippen LogP contribution in [0.5, 0.6) is 5.75 Å². The first-order chi connectivity index (χ1) is 10.1. The third kappa shape index (κ3) is 4.03. The van der Waals surface area contributed by atoms with Crippen molar-refractivity contribution in [3.8, 4) is 5.75 Å². The molecule has 2 rings (SSSR count). The van der Waals surface area contributed by atoms with Gasteiger partial charge < -0.3 is 14.6 Å². The fraction of sp³-hybridized carbons (Fsp3) is 0.250. The smallest absolute Gasteiger partial charge is 0.339 e. The van der Waals surface area contributed by atoms with Crippen LogP contribution in [0.15, 0.2) is 42.6 Å². The van der Waals surface area contributed by atoms with Gasteiger partial charge in [-0.3, -0.25) is 4.98 Å². The molecular weight excluding hydrogens is 270 g/mol. The molecule has 0 aliphatic heterocycles. The molecule has 0 saturated carbocycles. The Balaban J connectivity index is 2.00. The van der Waals surface area contributed by atoms with Gasteiger partial charge in [0.05, 0.1) is 24.5 Å². The second-order valence-electron chi connectivity index (χ2n) is 4.57. The molecule has 5 nitrogen and oxygen atoms in total. The van der Waals surface area contributed by atoms with E-state index >= 15 is 0 Å². The van der Waals surface area contributed by atoms with Crippen molar-refractivity contribution in [2.45, 2.75) is 19.6 Å². The normalized spacial score (nSPS) is 11.8. The van der Waals surface area contributed by atoms with Crippen molar-refractivity contribution in [2.24, 2.45) is 0 Å². The molecule has 2 aromatic rings. The Morgan fingerprint density at radius 1 is 1.33 bits per heavy atom. The molecular formula is C16H17NO4. The van der Waals surface area contributed by atoms with Crippen molar-refractivity contribution >= 4 is 5.97 Å². The number of ether oxygens (including phenoxy) is 2. The van der Waals surface area contributed by atoms with E-state index in [-0.39, 0.29) is 6.61 Å². The molecule has 0 fully saturated rings. The number of nitrogens with zero attached hydrogens (tertiary/aromatic N) is 1. The van der Waals surface area contributed by atoms with Crippen molar-refractivity contribution in [3.05, 3.63) is 59.4 Å². The number of aromatic nitrogens is 1. The van der Waals surface area contributed by atoms with E-state index in [1.54, 1.807) is 25.1 Å². The number of aliphatic hydroxyl groups excluding tert-OH is 1. The highest BCUT2D eigenvalue weighted by atomic mass is 16.5. The van der Waals surface area contributed by atoms with E-state index in [1.165, 1.54) is 13.3 Å². The van der Waals surface area contributed by atoms with Crippen LogP contribution < -0.4 is 4.74 Å². The number of carbonyl (C=O) groups excluding carboxylic acids is 1. The SMILES string of the molecule is COC(=O)c1ccc(COc2cccc([C@H](C)O)c2)nc1. The van der Waals surface area contributed by atoms with Gasteiger partial charge in [-0.25, -0.2) is 4.79 Å². The number of carbonyl (C=O) groups is 1. The number of methoxy groups -OCH3 is 1. The van der Waals surface area contributed by atoms with Crippen LogP contribution in [0.4, 0.5) is 0 Å². The van der Waals surface area contributed by atoms with Gasteiger partial charge in [-0.15, -0.1) is 0 Å². The molecule has 1 aromatic carbocycles. The molecule has 0 amide bonds.